The molecule has 0 spiro atoms. The molecule has 0 N–H and O–H groups in total. The summed E-state index contributed by atoms with van der Waals surface area (Å²) >= 11 is 0. The van der Waals surface area contributed by atoms with E-state index in [1.807, 2.05) is 0 Å². The maximum atomic E-state index is 3.82. The largest absolute Gasteiger partial charge is 0.0885 e. The van der Waals surface area contributed by atoms with Crippen molar-refractivity contribution >= 4 is 0 Å². The first-order chi connectivity index (χ1) is 7.91. The van der Waals surface area contributed by atoms with Gasteiger partial charge in [0.1, 0.15) is 0 Å². The van der Waals surface area contributed by atoms with E-state index in [2.05, 4.69) is 38.2 Å². The van der Waals surface area contributed by atoms with E-state index in [1.165, 1.54) is 51.4 Å². The molecule has 16 heavy (non-hydrogen) atoms. The molecule has 0 bridgehead atoms. The summed E-state index contributed by atoms with van der Waals surface area (Å²) in [6, 6.07) is 0. The van der Waals surface area contributed by atoms with Gasteiger partial charge in [0.15, 0.2) is 0 Å². The lowest BCUT2D eigenvalue weighted by Gasteiger charge is -1.95. The number of hydrogen-bond acceptors (Lipinski definition) is 0. The standard InChI is InChI=1S/C16H29/c1-3-5-7-9-11-13-15-16-14-12-10-8-6-4-2/h7,9-10,12H,1,3-6,8,11,13-16H2,2H3. The molecule has 0 aliphatic heterocycles. The predicted octanol–water partition coefficient (Wildman–Crippen LogP) is 5.85. The first kappa shape index (κ1) is 15.5. The first-order valence-corrected chi connectivity index (χ1v) is 7.01. The highest BCUT2D eigenvalue weighted by Crippen LogP contribution is 2.05. The summed E-state index contributed by atoms with van der Waals surface area (Å²) in [5.74, 6) is 0. The van der Waals surface area contributed by atoms with Crippen LogP contribution in [0.15, 0.2) is 24.3 Å². The Morgan fingerprint density at radius 2 is 1.19 bits per heavy atom. The van der Waals surface area contributed by atoms with Gasteiger partial charge in [0.05, 0.1) is 0 Å². The molecule has 0 saturated carbocycles. The molecule has 0 heteroatoms. The summed E-state index contributed by atoms with van der Waals surface area (Å²) in [7, 11) is 0. The van der Waals surface area contributed by atoms with Crippen LogP contribution in [0.5, 0.6) is 0 Å². The van der Waals surface area contributed by atoms with Crippen molar-refractivity contribution in [2.75, 3.05) is 0 Å². The zero-order valence-electron chi connectivity index (χ0n) is 11.1. The van der Waals surface area contributed by atoms with Crippen LogP contribution >= 0.6 is 0 Å². The van der Waals surface area contributed by atoms with Crippen molar-refractivity contribution < 1.29 is 0 Å². The van der Waals surface area contributed by atoms with Gasteiger partial charge in [-0.1, -0.05) is 57.4 Å². The lowest BCUT2D eigenvalue weighted by atomic mass is 10.1. The molecule has 0 amide bonds. The zero-order chi connectivity index (χ0) is 11.9. The number of allylic oxidation sites excluding steroid dienone is 4. The Bertz CT molecular complexity index is 165. The van der Waals surface area contributed by atoms with Gasteiger partial charge in [0.25, 0.3) is 0 Å². The van der Waals surface area contributed by atoms with Gasteiger partial charge < -0.3 is 0 Å². The molecule has 0 aromatic carbocycles. The van der Waals surface area contributed by atoms with Gasteiger partial charge in [-0.3, -0.25) is 0 Å². The third-order valence-electron chi connectivity index (χ3n) is 2.67. The molecule has 0 heterocycles. The Morgan fingerprint density at radius 1 is 0.688 bits per heavy atom. The average molecular weight is 221 g/mol. The molecule has 0 aromatic rings. The van der Waals surface area contributed by atoms with Crippen LogP contribution in [0.2, 0.25) is 0 Å². The van der Waals surface area contributed by atoms with Crippen molar-refractivity contribution in [3.63, 3.8) is 0 Å². The van der Waals surface area contributed by atoms with Crippen molar-refractivity contribution in [2.24, 2.45) is 0 Å². The highest BCUT2D eigenvalue weighted by molar-refractivity contribution is 4.83. The van der Waals surface area contributed by atoms with Crippen molar-refractivity contribution in [1.82, 2.24) is 0 Å². The maximum Gasteiger partial charge on any atom is -0.0351 e. The molecule has 0 atom stereocenters. The van der Waals surface area contributed by atoms with Crippen molar-refractivity contribution in [2.45, 2.75) is 71.1 Å². The van der Waals surface area contributed by atoms with E-state index < -0.39 is 0 Å². The average Bonchev–Trinajstić information content (AvgIpc) is 2.31. The van der Waals surface area contributed by atoms with Gasteiger partial charge in [0.2, 0.25) is 0 Å². The fraction of sp³-hybridized carbons (Fsp3) is 0.688. The molecule has 93 valence electrons. The predicted molar refractivity (Wildman–Crippen MR) is 75.5 cm³/mol. The molecule has 0 nitrogen and oxygen atoms in total. The topological polar surface area (TPSA) is 0 Å². The minimum atomic E-state index is 1.03. The summed E-state index contributed by atoms with van der Waals surface area (Å²) in [4.78, 5) is 0. The minimum absolute atomic E-state index is 1.03. The maximum absolute atomic E-state index is 3.82. The third kappa shape index (κ3) is 13.5. The van der Waals surface area contributed by atoms with Gasteiger partial charge in [0, 0.05) is 0 Å². The highest BCUT2D eigenvalue weighted by Gasteiger charge is 1.86. The fourth-order valence-electron chi connectivity index (χ4n) is 1.61. The quantitative estimate of drug-likeness (QED) is 0.303. The van der Waals surface area contributed by atoms with Gasteiger partial charge in [-0.15, -0.1) is 0 Å². The van der Waals surface area contributed by atoms with Crippen LogP contribution in [-0.4, -0.2) is 0 Å². The zero-order valence-corrected chi connectivity index (χ0v) is 11.1. The summed E-state index contributed by atoms with van der Waals surface area (Å²) < 4.78 is 0. The molecule has 0 aliphatic carbocycles. The Balaban J connectivity index is 3.06. The van der Waals surface area contributed by atoms with Crippen LogP contribution in [0.3, 0.4) is 0 Å². The van der Waals surface area contributed by atoms with Crippen molar-refractivity contribution in [3.8, 4) is 0 Å². The van der Waals surface area contributed by atoms with E-state index in [0.717, 1.165) is 12.8 Å². The van der Waals surface area contributed by atoms with E-state index in [-0.39, 0.29) is 0 Å². The molecule has 1 radical (unpaired) electrons. The Kier molecular flexibility index (Phi) is 14.0. The summed E-state index contributed by atoms with van der Waals surface area (Å²) in [6.07, 6.45) is 21.9. The van der Waals surface area contributed by atoms with Crippen LogP contribution in [0, 0.1) is 6.92 Å². The summed E-state index contributed by atoms with van der Waals surface area (Å²) in [5.41, 5.74) is 0. The molecule has 0 unspecified atom stereocenters. The molecule has 0 aliphatic rings. The van der Waals surface area contributed by atoms with Crippen LogP contribution in [0.25, 0.3) is 0 Å². The van der Waals surface area contributed by atoms with Gasteiger partial charge in [-0.2, -0.15) is 0 Å². The van der Waals surface area contributed by atoms with Crippen LogP contribution in [0.1, 0.15) is 71.1 Å². The molecule has 0 aromatic heterocycles. The second-order valence-corrected chi connectivity index (χ2v) is 4.37. The monoisotopic (exact) mass is 221 g/mol. The Morgan fingerprint density at radius 3 is 1.69 bits per heavy atom. The second-order valence-electron chi connectivity index (χ2n) is 4.37. The van der Waals surface area contributed by atoms with Gasteiger partial charge in [-0.25, -0.2) is 0 Å². The minimum Gasteiger partial charge on any atom is -0.0885 e. The number of unbranched alkanes of at least 4 members (excludes halogenated alkanes) is 7. The fourth-order valence-corrected chi connectivity index (χ4v) is 1.61. The Hall–Kier alpha value is -0.520. The lowest BCUT2D eigenvalue weighted by molar-refractivity contribution is 0.693. The van der Waals surface area contributed by atoms with E-state index in [0.29, 0.717) is 0 Å². The highest BCUT2D eigenvalue weighted by atomic mass is 13.9. The smallest absolute Gasteiger partial charge is 0.0351 e. The van der Waals surface area contributed by atoms with E-state index in [9.17, 15) is 0 Å². The van der Waals surface area contributed by atoms with Crippen LogP contribution in [0.4, 0.5) is 0 Å². The molecule has 0 saturated heterocycles. The van der Waals surface area contributed by atoms with E-state index in [4.69, 9.17) is 0 Å². The number of hydrogen-bond donors (Lipinski definition) is 0. The van der Waals surface area contributed by atoms with Gasteiger partial charge in [-0.05, 0) is 44.9 Å². The third-order valence-corrected chi connectivity index (χ3v) is 2.67. The summed E-state index contributed by atoms with van der Waals surface area (Å²) in [6.45, 7) is 6.06. The van der Waals surface area contributed by atoms with E-state index >= 15 is 0 Å². The van der Waals surface area contributed by atoms with Crippen LogP contribution < -0.4 is 0 Å². The van der Waals surface area contributed by atoms with Crippen LogP contribution in [-0.2, 0) is 0 Å². The normalized spacial score (nSPS) is 11.9. The molecule has 0 rings (SSSR count). The second kappa shape index (κ2) is 14.5. The Labute approximate surface area is 103 Å². The lowest BCUT2D eigenvalue weighted by Crippen LogP contribution is -1.75. The summed E-state index contributed by atoms with van der Waals surface area (Å²) in [5, 5.41) is 0. The molecular weight excluding hydrogens is 192 g/mol. The van der Waals surface area contributed by atoms with Gasteiger partial charge >= 0.3 is 0 Å². The number of rotatable bonds is 11. The van der Waals surface area contributed by atoms with E-state index in [1.54, 1.807) is 0 Å². The molecule has 0 fully saturated rings. The SMILES string of the molecule is [CH2]CCC=CCCCCCC=CCCCC. The van der Waals surface area contributed by atoms with Crippen molar-refractivity contribution in [3.05, 3.63) is 31.2 Å². The first-order valence-electron chi connectivity index (χ1n) is 7.01. The van der Waals surface area contributed by atoms with Crippen molar-refractivity contribution in [1.29, 1.82) is 0 Å². The molecular formula is C16H29.